The first-order valence-corrected chi connectivity index (χ1v) is 9.06. The molecule has 0 aliphatic carbocycles. The van der Waals surface area contributed by atoms with Gasteiger partial charge in [-0.1, -0.05) is 11.6 Å². The molecule has 1 aliphatic rings. The fourth-order valence-electron chi connectivity index (χ4n) is 2.58. The number of rotatable bonds is 2. The minimum Gasteiger partial charge on any atom is -0.444 e. The van der Waals surface area contributed by atoms with Gasteiger partial charge in [0, 0.05) is 24.6 Å². The summed E-state index contributed by atoms with van der Waals surface area (Å²) in [5, 5.41) is 0.206. The Labute approximate surface area is 160 Å². The Kier molecular flexibility index (Phi) is 5.99. The van der Waals surface area contributed by atoms with Crippen molar-refractivity contribution in [1.82, 2.24) is 9.80 Å². The summed E-state index contributed by atoms with van der Waals surface area (Å²) in [5.41, 5.74) is -0.630. The summed E-state index contributed by atoms with van der Waals surface area (Å²) in [7, 11) is 1.65. The number of carbonyl (C=O) groups is 2. The van der Waals surface area contributed by atoms with Crippen molar-refractivity contribution < 1.29 is 18.7 Å². The summed E-state index contributed by atoms with van der Waals surface area (Å²) in [6, 6.07) is 2.32. The first kappa shape index (κ1) is 20.0. The van der Waals surface area contributed by atoms with Gasteiger partial charge in [0.15, 0.2) is 0 Å². The van der Waals surface area contributed by atoms with Crippen LogP contribution in [0.1, 0.15) is 37.6 Å². The number of nitrogens with zero attached hydrogens (tertiary/aromatic N) is 2. The van der Waals surface area contributed by atoms with Gasteiger partial charge in [-0.05, 0) is 55.3 Å². The van der Waals surface area contributed by atoms with E-state index in [2.05, 4.69) is 15.9 Å². The van der Waals surface area contributed by atoms with Gasteiger partial charge in [0.1, 0.15) is 11.4 Å². The molecule has 0 spiro atoms. The molecule has 0 bridgehead atoms. The Hall–Kier alpha value is -1.34. The van der Waals surface area contributed by atoms with Crippen molar-refractivity contribution in [2.45, 2.75) is 38.8 Å². The third-order valence-corrected chi connectivity index (χ3v) is 5.12. The van der Waals surface area contributed by atoms with Gasteiger partial charge in [0.05, 0.1) is 16.6 Å². The Balaban J connectivity index is 2.06. The minimum absolute atomic E-state index is 0.0446. The Morgan fingerprint density at radius 1 is 1.40 bits per heavy atom. The van der Waals surface area contributed by atoms with E-state index in [0.717, 1.165) is 6.07 Å². The lowest BCUT2D eigenvalue weighted by Gasteiger charge is -2.28. The van der Waals surface area contributed by atoms with Crippen molar-refractivity contribution in [3.05, 3.63) is 33.0 Å². The second-order valence-electron chi connectivity index (χ2n) is 7.03. The topological polar surface area (TPSA) is 49.9 Å². The van der Waals surface area contributed by atoms with E-state index in [0.29, 0.717) is 24.0 Å². The van der Waals surface area contributed by atoms with Gasteiger partial charge in [-0.3, -0.25) is 4.79 Å². The largest absolute Gasteiger partial charge is 0.444 e. The molecule has 0 N–H and O–H groups in total. The highest BCUT2D eigenvalue weighted by Crippen LogP contribution is 2.27. The molecule has 1 aromatic rings. The molecule has 2 rings (SSSR count). The third kappa shape index (κ3) is 4.85. The van der Waals surface area contributed by atoms with Gasteiger partial charge in [-0.25, -0.2) is 9.18 Å². The monoisotopic (exact) mass is 434 g/mol. The van der Waals surface area contributed by atoms with Crippen LogP contribution in [0.2, 0.25) is 5.02 Å². The summed E-state index contributed by atoms with van der Waals surface area (Å²) < 4.78 is 19.9. The number of amides is 2. The number of likely N-dealkylation sites (tertiary alicyclic amines) is 1. The van der Waals surface area contributed by atoms with E-state index in [1.807, 2.05) is 0 Å². The predicted octanol–water partition coefficient (Wildman–Crippen LogP) is 4.32. The van der Waals surface area contributed by atoms with E-state index >= 15 is 0 Å². The maximum Gasteiger partial charge on any atom is 0.410 e. The van der Waals surface area contributed by atoms with Crippen molar-refractivity contribution in [3.63, 3.8) is 0 Å². The van der Waals surface area contributed by atoms with Gasteiger partial charge in [0.2, 0.25) is 0 Å². The molecule has 2 amide bonds. The van der Waals surface area contributed by atoms with Crippen molar-refractivity contribution in [2.75, 3.05) is 20.1 Å². The summed E-state index contributed by atoms with van der Waals surface area (Å²) >= 11 is 9.03. The van der Waals surface area contributed by atoms with Crippen LogP contribution in [0.5, 0.6) is 0 Å². The molecule has 0 aromatic heterocycles. The Bertz CT molecular complexity index is 693. The summed E-state index contributed by atoms with van der Waals surface area (Å²) in [6.07, 6.45) is 0.171. The molecule has 1 fully saturated rings. The van der Waals surface area contributed by atoms with Crippen molar-refractivity contribution in [3.8, 4) is 0 Å². The third-order valence-electron chi connectivity index (χ3n) is 3.92. The average Bonchev–Trinajstić information content (AvgIpc) is 2.97. The lowest BCUT2D eigenvalue weighted by atomic mass is 10.2. The molecule has 1 heterocycles. The molecule has 1 saturated heterocycles. The van der Waals surface area contributed by atoms with E-state index in [-0.39, 0.29) is 16.6 Å². The zero-order valence-corrected chi connectivity index (χ0v) is 16.9. The van der Waals surface area contributed by atoms with E-state index in [4.69, 9.17) is 16.3 Å². The van der Waals surface area contributed by atoms with Crippen LogP contribution in [0.15, 0.2) is 16.6 Å². The summed E-state index contributed by atoms with van der Waals surface area (Å²) in [6.45, 7) is 6.16. The van der Waals surface area contributed by atoms with E-state index in [1.165, 1.54) is 15.9 Å². The normalized spacial score (nSPS) is 17.6. The van der Waals surface area contributed by atoms with E-state index in [9.17, 15) is 14.0 Å². The Morgan fingerprint density at radius 2 is 2.04 bits per heavy atom. The molecule has 8 heteroatoms. The minimum atomic E-state index is -0.665. The fraction of sp³-hybridized carbons (Fsp3) is 0.529. The number of halogens is 3. The molecular formula is C17H21BrClFN2O3. The predicted molar refractivity (Wildman–Crippen MR) is 97.4 cm³/mol. The van der Waals surface area contributed by atoms with Crippen LogP contribution in [-0.2, 0) is 4.74 Å². The van der Waals surface area contributed by atoms with Crippen LogP contribution in [0.3, 0.4) is 0 Å². The molecule has 1 atom stereocenters. The molecule has 138 valence electrons. The highest BCUT2D eigenvalue weighted by atomic mass is 79.9. The maximum atomic E-state index is 14.1. The number of carbonyl (C=O) groups excluding carboxylic acids is 2. The first-order valence-electron chi connectivity index (χ1n) is 7.89. The van der Waals surface area contributed by atoms with Gasteiger partial charge < -0.3 is 14.5 Å². The van der Waals surface area contributed by atoms with Crippen LogP contribution >= 0.6 is 27.5 Å². The van der Waals surface area contributed by atoms with Crippen molar-refractivity contribution in [1.29, 1.82) is 0 Å². The van der Waals surface area contributed by atoms with Gasteiger partial charge in [0.25, 0.3) is 5.91 Å². The van der Waals surface area contributed by atoms with Crippen LogP contribution < -0.4 is 0 Å². The zero-order valence-electron chi connectivity index (χ0n) is 14.6. The van der Waals surface area contributed by atoms with Crippen LogP contribution in [0.4, 0.5) is 9.18 Å². The second kappa shape index (κ2) is 7.50. The quantitative estimate of drug-likeness (QED) is 0.650. The molecule has 5 nitrogen and oxygen atoms in total. The highest BCUT2D eigenvalue weighted by molar-refractivity contribution is 9.10. The fourth-order valence-corrected chi connectivity index (χ4v) is 3.08. The van der Waals surface area contributed by atoms with Crippen molar-refractivity contribution in [2.24, 2.45) is 0 Å². The number of likely N-dealkylation sites (N-methyl/N-ethyl adjacent to an activating group) is 1. The van der Waals surface area contributed by atoms with Crippen LogP contribution in [0.25, 0.3) is 0 Å². The molecule has 1 aliphatic heterocycles. The number of ether oxygens (including phenoxy) is 1. The zero-order chi connectivity index (χ0) is 18.9. The van der Waals surface area contributed by atoms with E-state index < -0.39 is 23.4 Å². The first-order chi connectivity index (χ1) is 11.5. The number of hydrogen-bond donors (Lipinski definition) is 0. The summed E-state index contributed by atoms with van der Waals surface area (Å²) in [4.78, 5) is 27.8. The lowest BCUT2D eigenvalue weighted by molar-refractivity contribution is 0.0226. The molecule has 25 heavy (non-hydrogen) atoms. The van der Waals surface area contributed by atoms with Crippen molar-refractivity contribution >= 4 is 39.5 Å². The van der Waals surface area contributed by atoms with Crippen LogP contribution in [-0.4, -0.2) is 53.6 Å². The average molecular weight is 436 g/mol. The van der Waals surface area contributed by atoms with Gasteiger partial charge in [-0.15, -0.1) is 0 Å². The standard InChI is InChI=1S/C17H21BrClFN2O3/c1-17(2,3)25-16(24)21(4)10-5-6-22(9-10)15(23)11-7-12(18)13(19)8-14(11)20/h7-8,10H,5-6,9H2,1-4H3/t10-/m0/s1. The molecular weight excluding hydrogens is 415 g/mol. The number of hydrogen-bond acceptors (Lipinski definition) is 3. The molecule has 0 saturated carbocycles. The van der Waals surface area contributed by atoms with Gasteiger partial charge >= 0.3 is 6.09 Å². The molecule has 0 unspecified atom stereocenters. The molecule has 1 aromatic carbocycles. The maximum absolute atomic E-state index is 14.1. The second-order valence-corrected chi connectivity index (χ2v) is 8.29. The van der Waals surface area contributed by atoms with Gasteiger partial charge in [-0.2, -0.15) is 0 Å². The SMILES string of the molecule is CN(C(=O)OC(C)(C)C)[C@H]1CCN(C(=O)c2cc(Br)c(Cl)cc2F)C1. The smallest absolute Gasteiger partial charge is 0.410 e. The highest BCUT2D eigenvalue weighted by Gasteiger charge is 2.34. The lowest BCUT2D eigenvalue weighted by Crippen LogP contribution is -2.42. The summed E-state index contributed by atoms with van der Waals surface area (Å²) in [5.74, 6) is -1.09. The number of benzene rings is 1. The Morgan fingerprint density at radius 3 is 2.64 bits per heavy atom. The molecule has 0 radical (unpaired) electrons. The van der Waals surface area contributed by atoms with Crippen LogP contribution in [0, 0.1) is 5.82 Å². The van der Waals surface area contributed by atoms with E-state index in [1.54, 1.807) is 27.8 Å².